The molecule has 45 heavy (non-hydrogen) atoms. The van der Waals surface area contributed by atoms with Gasteiger partial charge in [-0.1, -0.05) is 29.3 Å². The molecule has 12 heteroatoms. The Morgan fingerprint density at radius 1 is 1.18 bits per heavy atom. The van der Waals surface area contributed by atoms with E-state index >= 15 is 0 Å². The highest BCUT2D eigenvalue weighted by Gasteiger charge is 2.31. The fraction of sp³-hybridized carbons (Fsp3) is 0.303. The Labute approximate surface area is 267 Å². The van der Waals surface area contributed by atoms with Gasteiger partial charge in [0.15, 0.2) is 0 Å². The van der Waals surface area contributed by atoms with Crippen LogP contribution in [0.4, 0.5) is 13.2 Å². The molecule has 0 spiro atoms. The number of piperazine rings is 1. The molecule has 236 valence electrons. The summed E-state index contributed by atoms with van der Waals surface area (Å²) in [6.45, 7) is 9.62. The number of benzene rings is 2. The van der Waals surface area contributed by atoms with Crippen molar-refractivity contribution in [3.05, 3.63) is 91.7 Å². The third kappa shape index (κ3) is 6.85. The van der Waals surface area contributed by atoms with Crippen LogP contribution in [-0.2, 0) is 6.18 Å². The maximum Gasteiger partial charge on any atom is 0.416 e. The lowest BCUT2D eigenvalue weighted by Crippen LogP contribution is -2.52. The van der Waals surface area contributed by atoms with Gasteiger partial charge in [0.05, 0.1) is 40.4 Å². The summed E-state index contributed by atoms with van der Waals surface area (Å²) in [5.41, 5.74) is 1.71. The molecule has 1 N–H and O–H groups in total. The molecule has 0 saturated carbocycles. The number of nitrogens with one attached hydrogen (secondary N) is 1. The molecule has 4 aromatic rings. The molecule has 1 amide bonds. The summed E-state index contributed by atoms with van der Waals surface area (Å²) < 4.78 is 46.8. The van der Waals surface area contributed by atoms with Crippen LogP contribution in [0.25, 0.3) is 33.6 Å². The molecule has 1 atom stereocenters. The summed E-state index contributed by atoms with van der Waals surface area (Å²) >= 11 is 7.60. The molecule has 5 rings (SSSR count). The van der Waals surface area contributed by atoms with Crippen molar-refractivity contribution in [2.45, 2.75) is 39.9 Å². The second-order valence-corrected chi connectivity index (χ2v) is 12.2. The lowest BCUT2D eigenvalue weighted by atomic mass is 10.0. The number of pyridine rings is 1. The Hall–Kier alpha value is -3.93. The molecule has 2 aromatic heterocycles. The third-order valence-electron chi connectivity index (χ3n) is 7.36. The monoisotopic (exact) mass is 656 g/mol. The fourth-order valence-corrected chi connectivity index (χ4v) is 6.21. The Bertz CT molecular complexity index is 1810. The summed E-state index contributed by atoms with van der Waals surface area (Å²) in [5.74, 6) is 0.161. The number of amides is 1. The molecule has 1 aliphatic heterocycles. The molecule has 3 heterocycles. The molecule has 1 saturated heterocycles. The zero-order chi connectivity index (χ0) is 32.5. The van der Waals surface area contributed by atoms with Crippen molar-refractivity contribution in [1.29, 1.82) is 0 Å². The van der Waals surface area contributed by atoms with Crippen LogP contribution in [0.5, 0.6) is 5.75 Å². The average Bonchev–Trinajstić information content (AvgIpc) is 3.48. The molecule has 0 unspecified atom stereocenters. The van der Waals surface area contributed by atoms with Crippen LogP contribution < -0.4 is 15.6 Å². The number of carbonyl (C=O) groups is 1. The minimum atomic E-state index is -4.46. The van der Waals surface area contributed by atoms with E-state index in [4.69, 9.17) is 16.3 Å². The lowest BCUT2D eigenvalue weighted by molar-refractivity contribution is -0.137. The lowest BCUT2D eigenvalue weighted by Gasteiger charge is -2.34. The van der Waals surface area contributed by atoms with Gasteiger partial charge >= 0.3 is 6.18 Å². The van der Waals surface area contributed by atoms with Gasteiger partial charge in [-0.25, -0.2) is 4.98 Å². The van der Waals surface area contributed by atoms with Gasteiger partial charge in [-0.2, -0.15) is 13.2 Å². The minimum Gasteiger partial charge on any atom is -0.492 e. The molecule has 0 aliphatic carbocycles. The van der Waals surface area contributed by atoms with Crippen molar-refractivity contribution < 1.29 is 22.7 Å². The zero-order valence-electron chi connectivity index (χ0n) is 25.2. The number of ether oxygens (including phenoxy) is 1. The number of carbonyl (C=O) groups excluding carboxylic acids is 1. The van der Waals surface area contributed by atoms with E-state index in [1.165, 1.54) is 16.7 Å². The van der Waals surface area contributed by atoms with Gasteiger partial charge in [0.1, 0.15) is 10.8 Å². The van der Waals surface area contributed by atoms with Crippen molar-refractivity contribution in [3.63, 3.8) is 0 Å². The molecule has 0 radical (unpaired) electrons. The number of alkyl halides is 3. The Morgan fingerprint density at radius 2 is 1.91 bits per heavy atom. The second kappa shape index (κ2) is 13.2. The first-order valence-corrected chi connectivity index (χ1v) is 15.7. The average molecular weight is 657 g/mol. The van der Waals surface area contributed by atoms with Crippen LogP contribution in [0, 0.1) is 0 Å². The van der Waals surface area contributed by atoms with E-state index in [0.29, 0.717) is 70.2 Å². The first kappa shape index (κ1) is 32.5. The van der Waals surface area contributed by atoms with Gasteiger partial charge < -0.3 is 15.0 Å². The first-order valence-electron chi connectivity index (χ1n) is 14.4. The highest BCUT2D eigenvalue weighted by Crippen LogP contribution is 2.35. The summed E-state index contributed by atoms with van der Waals surface area (Å²) in [4.78, 5) is 35.2. The van der Waals surface area contributed by atoms with Gasteiger partial charge in [-0.3, -0.25) is 14.2 Å². The fourth-order valence-electron chi connectivity index (χ4n) is 5.21. The number of aromatic nitrogens is 2. The predicted octanol–water partition coefficient (Wildman–Crippen LogP) is 7.56. The van der Waals surface area contributed by atoms with Crippen LogP contribution in [0.3, 0.4) is 0 Å². The van der Waals surface area contributed by atoms with Crippen molar-refractivity contribution in [2.75, 3.05) is 26.2 Å². The molecule has 0 bridgehead atoms. The number of rotatable bonds is 7. The van der Waals surface area contributed by atoms with Crippen LogP contribution in [0.2, 0.25) is 5.02 Å². The van der Waals surface area contributed by atoms with Crippen LogP contribution in [0.1, 0.15) is 49.3 Å². The van der Waals surface area contributed by atoms with E-state index in [-0.39, 0.29) is 17.5 Å². The van der Waals surface area contributed by atoms with Crippen molar-refractivity contribution in [2.24, 2.45) is 0 Å². The number of hydrogen-bond donors (Lipinski definition) is 1. The van der Waals surface area contributed by atoms with Crippen LogP contribution in [-0.4, -0.2) is 52.6 Å². The van der Waals surface area contributed by atoms with Crippen LogP contribution >= 0.6 is 22.9 Å². The van der Waals surface area contributed by atoms with Crippen molar-refractivity contribution in [3.8, 4) is 33.3 Å². The summed E-state index contributed by atoms with van der Waals surface area (Å²) in [6.07, 6.45) is -2.67. The molecular formula is C33H32ClF3N4O3S. The highest BCUT2D eigenvalue weighted by molar-refractivity contribution is 7.13. The maximum atomic E-state index is 14.5. The van der Waals surface area contributed by atoms with E-state index in [9.17, 15) is 22.8 Å². The molecular weight excluding hydrogens is 625 g/mol. The SMILES string of the molecule is CCOc1ccc(Cl)cc1-n1c(C=C(C)C)c(C(=O)N2CCNC[C@H]2C)cc(-c2nc(-c3ccc(C(F)(F)F)cc3)cs2)c1=O. The minimum absolute atomic E-state index is 0.0917. The van der Waals surface area contributed by atoms with Crippen molar-refractivity contribution >= 4 is 34.9 Å². The third-order valence-corrected chi connectivity index (χ3v) is 8.47. The van der Waals surface area contributed by atoms with Gasteiger partial charge in [0.25, 0.3) is 11.5 Å². The van der Waals surface area contributed by atoms with Crippen molar-refractivity contribution in [1.82, 2.24) is 19.8 Å². The largest absolute Gasteiger partial charge is 0.492 e. The molecule has 1 fully saturated rings. The van der Waals surface area contributed by atoms with E-state index in [1.807, 2.05) is 27.7 Å². The summed E-state index contributed by atoms with van der Waals surface area (Å²) in [7, 11) is 0. The summed E-state index contributed by atoms with van der Waals surface area (Å²) in [6, 6.07) is 11.1. The number of halogens is 4. The number of allylic oxidation sites excluding steroid dienone is 1. The van der Waals surface area contributed by atoms with Crippen LogP contribution in [0.15, 0.2) is 64.3 Å². The predicted molar refractivity (Wildman–Crippen MR) is 172 cm³/mol. The molecule has 1 aliphatic rings. The van der Waals surface area contributed by atoms with Gasteiger partial charge in [0, 0.05) is 41.6 Å². The smallest absolute Gasteiger partial charge is 0.416 e. The second-order valence-electron chi connectivity index (χ2n) is 10.9. The van der Waals surface area contributed by atoms with Gasteiger partial charge in [0.2, 0.25) is 0 Å². The number of hydrogen-bond acceptors (Lipinski definition) is 6. The number of thiazole rings is 1. The highest BCUT2D eigenvalue weighted by atomic mass is 35.5. The van der Waals surface area contributed by atoms with E-state index < -0.39 is 17.3 Å². The maximum absolute atomic E-state index is 14.5. The Kier molecular flexibility index (Phi) is 9.52. The molecule has 2 aromatic carbocycles. The topological polar surface area (TPSA) is 76.5 Å². The molecule has 7 nitrogen and oxygen atoms in total. The normalized spacial score (nSPS) is 15.2. The van der Waals surface area contributed by atoms with E-state index in [1.54, 1.807) is 40.6 Å². The van der Waals surface area contributed by atoms with Gasteiger partial charge in [-0.15, -0.1) is 11.3 Å². The Balaban J connectivity index is 1.76. The van der Waals surface area contributed by atoms with Gasteiger partial charge in [-0.05, 0) is 70.2 Å². The zero-order valence-corrected chi connectivity index (χ0v) is 26.7. The van der Waals surface area contributed by atoms with E-state index in [2.05, 4.69) is 10.3 Å². The quantitative estimate of drug-likeness (QED) is 0.222. The number of nitrogens with zero attached hydrogens (tertiary/aromatic N) is 3. The van der Waals surface area contributed by atoms with E-state index in [0.717, 1.165) is 29.0 Å². The Morgan fingerprint density at radius 3 is 2.56 bits per heavy atom. The first-order chi connectivity index (χ1) is 21.4. The summed E-state index contributed by atoms with van der Waals surface area (Å²) in [5, 5.41) is 5.66. The standard InChI is InChI=1S/C33H32ClF3N4O3S/c1-5-44-29-11-10-23(34)15-28(29)41-27(14-19(2)3)24(31(42)40-13-12-38-17-20(40)4)16-25(32(41)43)30-39-26(18-45-30)21-6-8-22(9-7-21)33(35,36)37/h6-11,14-16,18,20,38H,5,12-13,17H2,1-4H3/t20-/m1/s1.